The summed E-state index contributed by atoms with van der Waals surface area (Å²) in [6.07, 6.45) is 10.1. The molecule has 0 aromatic heterocycles. The van der Waals surface area contributed by atoms with Gasteiger partial charge in [-0.3, -0.25) is 0 Å². The van der Waals surface area contributed by atoms with Crippen LogP contribution in [0.1, 0.15) is 82.9 Å². The van der Waals surface area contributed by atoms with E-state index in [0.29, 0.717) is 0 Å². The first-order valence-corrected chi connectivity index (χ1v) is 10.7. The first kappa shape index (κ1) is 24.4. The van der Waals surface area contributed by atoms with Gasteiger partial charge in [-0.25, -0.2) is 0 Å². The Hall–Kier alpha value is -1.56. The molecular formula is C26H42. The van der Waals surface area contributed by atoms with Crippen LogP contribution in [-0.4, -0.2) is 0 Å². The average Bonchev–Trinajstić information content (AvgIpc) is 2.72. The van der Waals surface area contributed by atoms with Crippen LogP contribution < -0.4 is 0 Å². The summed E-state index contributed by atoms with van der Waals surface area (Å²) in [7, 11) is 0. The summed E-state index contributed by atoms with van der Waals surface area (Å²) in [5.74, 6) is 1.09. The van der Waals surface area contributed by atoms with Crippen LogP contribution in [0.25, 0.3) is 0 Å². The van der Waals surface area contributed by atoms with Gasteiger partial charge in [0.25, 0.3) is 0 Å². The monoisotopic (exact) mass is 354 g/mol. The van der Waals surface area contributed by atoms with Crippen LogP contribution >= 0.6 is 0 Å². The highest BCUT2D eigenvalue weighted by Gasteiger charge is 2.09. The molecule has 0 amide bonds. The summed E-state index contributed by atoms with van der Waals surface area (Å²) in [6.45, 7) is 12.7. The van der Waals surface area contributed by atoms with E-state index in [9.17, 15) is 0 Å². The van der Waals surface area contributed by atoms with Crippen molar-refractivity contribution in [1.29, 1.82) is 0 Å². The Kier molecular flexibility index (Phi) is 15.9. The van der Waals surface area contributed by atoms with E-state index in [1.165, 1.54) is 55.2 Å². The van der Waals surface area contributed by atoms with Crippen LogP contribution in [0.15, 0.2) is 54.6 Å². The Bertz CT molecular complexity index is 521. The van der Waals surface area contributed by atoms with Crippen molar-refractivity contribution in [1.82, 2.24) is 0 Å². The fraction of sp³-hybridized carbons (Fsp3) is 0.538. The summed E-state index contributed by atoms with van der Waals surface area (Å²) in [4.78, 5) is 0. The number of hydrogen-bond acceptors (Lipinski definition) is 0. The van der Waals surface area contributed by atoms with Crippen LogP contribution in [0.2, 0.25) is 0 Å². The lowest BCUT2D eigenvalue weighted by atomic mass is 9.88. The Labute approximate surface area is 164 Å². The molecule has 0 atom stereocenters. The van der Waals surface area contributed by atoms with Crippen molar-refractivity contribution in [2.75, 3.05) is 0 Å². The summed E-state index contributed by atoms with van der Waals surface area (Å²) < 4.78 is 0. The third kappa shape index (κ3) is 11.9. The lowest BCUT2D eigenvalue weighted by Gasteiger charge is -2.18. The van der Waals surface area contributed by atoms with Gasteiger partial charge < -0.3 is 0 Å². The van der Waals surface area contributed by atoms with Gasteiger partial charge in [0, 0.05) is 0 Å². The minimum atomic E-state index is 1.09. The second-order valence-electron chi connectivity index (χ2n) is 6.85. The van der Waals surface area contributed by atoms with Crippen LogP contribution in [0.5, 0.6) is 0 Å². The largest absolute Gasteiger partial charge is 0.0683 e. The molecule has 0 saturated heterocycles. The van der Waals surface area contributed by atoms with E-state index in [1.807, 2.05) is 32.0 Å². The van der Waals surface area contributed by atoms with Crippen LogP contribution in [0.3, 0.4) is 0 Å². The van der Waals surface area contributed by atoms with E-state index >= 15 is 0 Å². The summed E-state index contributed by atoms with van der Waals surface area (Å²) in [5.41, 5.74) is 4.18. The van der Waals surface area contributed by atoms with E-state index in [4.69, 9.17) is 0 Å². The third-order valence-electron chi connectivity index (χ3n) is 4.88. The molecule has 0 aliphatic heterocycles. The maximum atomic E-state index is 2.32. The molecule has 0 spiro atoms. The molecule has 0 unspecified atom stereocenters. The zero-order chi connectivity index (χ0) is 19.6. The quantitative estimate of drug-likeness (QED) is 0.506. The molecule has 0 heteroatoms. The smallest absolute Gasteiger partial charge is 0.0305 e. The van der Waals surface area contributed by atoms with Crippen LogP contribution in [0, 0.1) is 19.8 Å². The maximum Gasteiger partial charge on any atom is -0.0305 e. The molecule has 1 aliphatic rings. The molecule has 2 aromatic rings. The Morgan fingerprint density at radius 2 is 1.27 bits per heavy atom. The fourth-order valence-electron chi connectivity index (χ4n) is 3.14. The molecule has 0 N–H and O–H groups in total. The van der Waals surface area contributed by atoms with E-state index in [1.54, 1.807) is 0 Å². The van der Waals surface area contributed by atoms with Crippen molar-refractivity contribution in [3.8, 4) is 0 Å². The van der Waals surface area contributed by atoms with Crippen molar-refractivity contribution >= 4 is 0 Å². The number of aryl methyl sites for hydroxylation is 3. The van der Waals surface area contributed by atoms with Gasteiger partial charge in [-0.1, -0.05) is 126 Å². The van der Waals surface area contributed by atoms with Crippen molar-refractivity contribution in [2.24, 2.45) is 5.92 Å². The summed E-state index contributed by atoms with van der Waals surface area (Å²) in [5, 5.41) is 0. The lowest BCUT2D eigenvalue weighted by Crippen LogP contribution is -2.03. The Balaban J connectivity index is 0.000000346. The van der Waals surface area contributed by atoms with E-state index in [0.717, 1.165) is 12.3 Å². The van der Waals surface area contributed by atoms with Gasteiger partial charge >= 0.3 is 0 Å². The zero-order valence-electron chi connectivity index (χ0n) is 18.2. The Morgan fingerprint density at radius 1 is 0.731 bits per heavy atom. The third-order valence-corrected chi connectivity index (χ3v) is 4.88. The lowest BCUT2D eigenvalue weighted by molar-refractivity contribution is 0.349. The molecule has 0 heterocycles. The van der Waals surface area contributed by atoms with Crippen molar-refractivity contribution in [3.63, 3.8) is 0 Å². The highest BCUT2D eigenvalue weighted by Crippen LogP contribution is 2.25. The normalized spacial score (nSPS) is 13.2. The van der Waals surface area contributed by atoms with E-state index in [2.05, 4.69) is 64.1 Å². The van der Waals surface area contributed by atoms with Crippen molar-refractivity contribution < 1.29 is 0 Å². The zero-order valence-corrected chi connectivity index (χ0v) is 18.2. The summed E-state index contributed by atoms with van der Waals surface area (Å²) >= 11 is 0. The van der Waals surface area contributed by atoms with Gasteiger partial charge in [0.2, 0.25) is 0 Å². The molecule has 3 rings (SSSR count). The molecule has 26 heavy (non-hydrogen) atoms. The molecule has 0 bridgehead atoms. The van der Waals surface area contributed by atoms with E-state index < -0.39 is 0 Å². The minimum Gasteiger partial charge on any atom is -0.0683 e. The highest BCUT2D eigenvalue weighted by atomic mass is 14.2. The van der Waals surface area contributed by atoms with Crippen LogP contribution in [-0.2, 0) is 6.42 Å². The molecule has 0 radical (unpaired) electrons. The molecule has 0 nitrogen and oxygen atoms in total. The number of rotatable bonds is 2. The fourth-order valence-corrected chi connectivity index (χ4v) is 3.14. The molecule has 146 valence electrons. The average molecular weight is 355 g/mol. The van der Waals surface area contributed by atoms with Gasteiger partial charge in [-0.2, -0.15) is 0 Å². The molecular weight excluding hydrogens is 312 g/mol. The summed E-state index contributed by atoms with van der Waals surface area (Å²) in [6, 6.07) is 18.8. The predicted molar refractivity (Wildman–Crippen MR) is 120 cm³/mol. The minimum absolute atomic E-state index is 1.09. The molecule has 1 saturated carbocycles. The standard InChI is InChI=1S/C9H12.C8H16.C7H8.C2H6/c1-3-9-7-5-4-6-8(9)2;1-2-8-6-4-3-5-7-8;1-7-5-3-2-4-6-7;1-2/h4-7H,3H2,1-2H3;8H,2-7H2,1H3;2-6H,1H3;1-2H3. The van der Waals surface area contributed by atoms with Crippen LogP contribution in [0.4, 0.5) is 0 Å². The maximum absolute atomic E-state index is 2.32. The topological polar surface area (TPSA) is 0 Å². The second-order valence-corrected chi connectivity index (χ2v) is 6.85. The highest BCUT2D eigenvalue weighted by molar-refractivity contribution is 5.25. The van der Waals surface area contributed by atoms with Gasteiger partial charge in [-0.05, 0) is 37.3 Å². The van der Waals surface area contributed by atoms with Crippen molar-refractivity contribution in [2.45, 2.75) is 86.5 Å². The first-order chi connectivity index (χ1) is 12.7. The molecule has 1 fully saturated rings. The second kappa shape index (κ2) is 16.9. The van der Waals surface area contributed by atoms with E-state index in [-0.39, 0.29) is 0 Å². The first-order valence-electron chi connectivity index (χ1n) is 10.7. The van der Waals surface area contributed by atoms with Gasteiger partial charge in [0.05, 0.1) is 0 Å². The van der Waals surface area contributed by atoms with Gasteiger partial charge in [0.15, 0.2) is 0 Å². The predicted octanol–water partition coefficient (Wildman–Crippen LogP) is 8.56. The number of hydrogen-bond donors (Lipinski definition) is 0. The number of benzene rings is 2. The molecule has 1 aliphatic carbocycles. The molecule has 2 aromatic carbocycles. The van der Waals surface area contributed by atoms with Gasteiger partial charge in [-0.15, -0.1) is 0 Å². The van der Waals surface area contributed by atoms with Crippen molar-refractivity contribution in [3.05, 3.63) is 71.3 Å². The Morgan fingerprint density at radius 3 is 1.62 bits per heavy atom. The van der Waals surface area contributed by atoms with Gasteiger partial charge in [0.1, 0.15) is 0 Å². The SMILES string of the molecule is CC.CCC1CCCCC1.CCc1ccccc1C.Cc1ccccc1.